The summed E-state index contributed by atoms with van der Waals surface area (Å²) in [5.41, 5.74) is -2.73. The van der Waals surface area contributed by atoms with Crippen LogP contribution in [-0.4, -0.2) is 82.9 Å². The molecule has 3 aliphatic heterocycles. The summed E-state index contributed by atoms with van der Waals surface area (Å²) in [5.74, 6) is -0.793. The first-order valence-electron chi connectivity index (χ1n) is 18.0. The van der Waals surface area contributed by atoms with Gasteiger partial charge in [0.15, 0.2) is 17.3 Å². The number of fused-ring (bicyclic) bond motifs is 2. The molecule has 13 nitrogen and oxygen atoms in total. The van der Waals surface area contributed by atoms with Crippen molar-refractivity contribution >= 4 is 35.2 Å². The molecule has 54 heavy (non-hydrogen) atoms. The molecule has 6 aliphatic rings. The summed E-state index contributed by atoms with van der Waals surface area (Å²) < 4.78 is 76.2. The molecule has 2 aromatic heterocycles. The van der Waals surface area contributed by atoms with E-state index in [-0.39, 0.29) is 77.5 Å². The van der Waals surface area contributed by atoms with Crippen LogP contribution in [0.1, 0.15) is 60.9 Å². The lowest BCUT2D eigenvalue weighted by molar-refractivity contribution is -0.162. The van der Waals surface area contributed by atoms with E-state index in [9.17, 15) is 47.2 Å². The second kappa shape index (κ2) is 13.3. The molecule has 0 bridgehead atoms. The Balaban J connectivity index is 0.923. The molecule has 2 unspecified atom stereocenters. The number of aromatic nitrogens is 3. The molecule has 8 atom stereocenters. The fourth-order valence-corrected chi connectivity index (χ4v) is 8.71. The monoisotopic (exact) mass is 753 g/mol. The molecule has 3 saturated carbocycles. The summed E-state index contributed by atoms with van der Waals surface area (Å²) in [6, 6.07) is 4.79. The number of ether oxygens (including phenoxy) is 1. The molecule has 6 fully saturated rings. The van der Waals surface area contributed by atoms with E-state index in [2.05, 4.69) is 26.8 Å². The number of aliphatic hydroxyl groups is 1. The molecule has 284 valence electrons. The lowest BCUT2D eigenvalue weighted by Gasteiger charge is -2.44. The van der Waals surface area contributed by atoms with Crippen LogP contribution in [0.3, 0.4) is 0 Å². The Morgan fingerprint density at radius 3 is 2.15 bits per heavy atom. The van der Waals surface area contributed by atoms with Gasteiger partial charge >= 0.3 is 12.1 Å². The van der Waals surface area contributed by atoms with Crippen molar-refractivity contribution in [2.45, 2.75) is 63.1 Å². The van der Waals surface area contributed by atoms with Crippen molar-refractivity contribution in [2.75, 3.05) is 52.7 Å². The number of hydrogen-bond donors (Lipinski definition) is 2. The lowest BCUT2D eigenvalue weighted by Crippen LogP contribution is -2.63. The van der Waals surface area contributed by atoms with Gasteiger partial charge in [0.1, 0.15) is 41.0 Å². The minimum absolute atomic E-state index is 0.0306. The van der Waals surface area contributed by atoms with Gasteiger partial charge in [0, 0.05) is 50.6 Å². The third-order valence-electron chi connectivity index (χ3n) is 12.1. The Morgan fingerprint density at radius 2 is 1.61 bits per heavy atom. The third kappa shape index (κ3) is 6.33. The summed E-state index contributed by atoms with van der Waals surface area (Å²) in [4.78, 5) is 42.1. The van der Waals surface area contributed by atoms with Crippen molar-refractivity contribution in [1.29, 1.82) is 10.5 Å². The zero-order valence-electron chi connectivity index (χ0n) is 28.8. The number of nitriles is 2. The maximum Gasteiger partial charge on any atom is 0.434 e. The minimum atomic E-state index is -5.00. The summed E-state index contributed by atoms with van der Waals surface area (Å²) in [6.07, 6.45) is -6.21. The highest BCUT2D eigenvalue weighted by Gasteiger charge is 2.58. The molecule has 2 N–H and O–H groups in total. The number of anilines is 4. The molecule has 0 spiro atoms. The minimum Gasteiger partial charge on any atom is -0.438 e. The Morgan fingerprint density at radius 1 is 0.981 bits per heavy atom. The van der Waals surface area contributed by atoms with Crippen molar-refractivity contribution in [3.8, 4) is 12.1 Å². The van der Waals surface area contributed by atoms with E-state index >= 15 is 0 Å². The average Bonchev–Trinajstić information content (AvgIpc) is 3.73. The van der Waals surface area contributed by atoms with E-state index < -0.39 is 53.7 Å². The van der Waals surface area contributed by atoms with Gasteiger partial charge in [0.2, 0.25) is 12.2 Å². The van der Waals surface area contributed by atoms with Gasteiger partial charge in [-0.3, -0.25) is 14.5 Å². The summed E-state index contributed by atoms with van der Waals surface area (Å²) in [6.45, 7) is 4.76. The number of nitrogens with zero attached hydrogens (tertiary/aromatic N) is 8. The largest absolute Gasteiger partial charge is 0.438 e. The van der Waals surface area contributed by atoms with Crippen LogP contribution in [0.5, 0.6) is 0 Å². The number of allylic oxidation sites excluding steroid dienone is 1. The van der Waals surface area contributed by atoms with Crippen LogP contribution in [0.4, 0.5) is 45.4 Å². The van der Waals surface area contributed by atoms with Gasteiger partial charge in [0.25, 0.3) is 6.43 Å². The Bertz CT molecular complexity index is 1960. The lowest BCUT2D eigenvalue weighted by atomic mass is 9.93. The fraction of sp³-hybridized carbons (Fsp3) is 0.583. The van der Waals surface area contributed by atoms with E-state index in [0.29, 0.717) is 38.4 Å². The first kappa shape index (κ1) is 35.9. The highest BCUT2D eigenvalue weighted by Crippen LogP contribution is 2.56. The number of pyridine rings is 1. The van der Waals surface area contributed by atoms with Crippen LogP contribution >= 0.6 is 0 Å². The highest BCUT2D eigenvalue weighted by molar-refractivity contribution is 5.89. The van der Waals surface area contributed by atoms with Crippen molar-refractivity contribution in [3.63, 3.8) is 0 Å². The predicted molar refractivity (Wildman–Crippen MR) is 180 cm³/mol. The van der Waals surface area contributed by atoms with Gasteiger partial charge in [-0.25, -0.2) is 18.7 Å². The summed E-state index contributed by atoms with van der Waals surface area (Å²) >= 11 is 0. The van der Waals surface area contributed by atoms with E-state index in [1.165, 1.54) is 12.1 Å². The number of rotatable bonds is 12. The van der Waals surface area contributed by atoms with Gasteiger partial charge in [-0.05, 0) is 66.9 Å². The number of piperidine rings is 2. The number of aliphatic hydroxyl groups excluding tert-OH is 1. The Labute approximate surface area is 306 Å². The number of carbonyl (C=O) groups excluding carboxylic acids is 2. The normalized spacial score (nSPS) is 29.4. The van der Waals surface area contributed by atoms with E-state index in [1.807, 2.05) is 11.0 Å². The van der Waals surface area contributed by atoms with Gasteiger partial charge in [-0.15, -0.1) is 0 Å². The van der Waals surface area contributed by atoms with Gasteiger partial charge < -0.3 is 25.0 Å². The second-order valence-electron chi connectivity index (χ2n) is 15.1. The number of hydrogen-bond acceptors (Lipinski definition) is 13. The van der Waals surface area contributed by atoms with Gasteiger partial charge in [-0.1, -0.05) is 6.58 Å². The SMILES string of the molecule is C=CC(=O)CC1[C@H]2CN(c3nc(N4C[C@@H](O)[C@@H]4OC(=O)CC4[C@H]5CN(c6cc(C(F)F)c(C#N)c(NC7CCC7)n6)C[C@@H]45)nc(C(F)(F)F)c3C#N)C[C@@H]12. The topological polar surface area (TPSA) is 172 Å². The number of alkyl halides is 5. The fourth-order valence-electron chi connectivity index (χ4n) is 8.71. The first-order valence-corrected chi connectivity index (χ1v) is 18.0. The zero-order valence-corrected chi connectivity index (χ0v) is 28.8. The molecule has 0 amide bonds. The number of β-amino-alcohol motifs (C(OH)–C–C–N with tert-alkyl or cyclic N) is 1. The number of esters is 1. The maximum absolute atomic E-state index is 14.2. The quantitative estimate of drug-likeness (QED) is 0.180. The van der Waals surface area contributed by atoms with E-state index in [0.717, 1.165) is 24.2 Å². The smallest absolute Gasteiger partial charge is 0.434 e. The molecule has 2 aromatic rings. The van der Waals surface area contributed by atoms with Crippen LogP contribution in [0.25, 0.3) is 0 Å². The van der Waals surface area contributed by atoms with E-state index in [4.69, 9.17) is 4.74 Å². The van der Waals surface area contributed by atoms with Crippen molar-refractivity contribution in [3.05, 3.63) is 41.1 Å². The van der Waals surface area contributed by atoms with Gasteiger partial charge in [0.05, 0.1) is 6.54 Å². The van der Waals surface area contributed by atoms with Crippen LogP contribution < -0.4 is 20.0 Å². The summed E-state index contributed by atoms with van der Waals surface area (Å²) in [7, 11) is 0. The van der Waals surface area contributed by atoms with Crippen molar-refractivity contribution in [1.82, 2.24) is 15.0 Å². The average molecular weight is 754 g/mol. The van der Waals surface area contributed by atoms with Crippen LogP contribution in [0, 0.1) is 58.2 Å². The molecular formula is C36H36F5N9O4. The highest BCUT2D eigenvalue weighted by atomic mass is 19.4. The molecule has 3 aliphatic carbocycles. The second-order valence-corrected chi connectivity index (χ2v) is 15.1. The third-order valence-corrected chi connectivity index (χ3v) is 12.1. The molecular weight excluding hydrogens is 717 g/mol. The number of ketones is 1. The Hall–Kier alpha value is -5.10. The first-order chi connectivity index (χ1) is 25.8. The molecule has 0 aromatic carbocycles. The number of halogens is 5. The summed E-state index contributed by atoms with van der Waals surface area (Å²) in [5, 5.41) is 33.1. The maximum atomic E-state index is 14.2. The van der Waals surface area contributed by atoms with Crippen LogP contribution in [0.2, 0.25) is 0 Å². The molecule has 8 rings (SSSR count). The standard InChI is InChI=1S/C36H36F5N9O4/c1-2-17(51)6-18-25-13-49(14-26(18)25)33-22(10-43)30(36(39,40)41)46-35(47-33)50-15-27(52)34(50)54-29(53)8-19-23-11-48(12-24(19)23)28-7-20(31(37)38)21(9-42)32(45-28)44-16-4-3-5-16/h2,7,16,18-19,23-27,31,34,52H,1,3-6,8,11-15H2,(H,44,45)/t18?,19?,23-,24+,25-,26+,27-,34+/m1/s1. The molecule has 5 heterocycles. The number of nitrogens with one attached hydrogen (secondary N) is 1. The predicted octanol–water partition coefficient (Wildman–Crippen LogP) is 4.19. The Kier molecular flexibility index (Phi) is 8.86. The number of carbonyl (C=O) groups is 2. The van der Waals surface area contributed by atoms with Crippen LogP contribution in [0.15, 0.2) is 18.7 Å². The van der Waals surface area contributed by atoms with Gasteiger partial charge in [-0.2, -0.15) is 28.7 Å². The molecule has 3 saturated heterocycles. The van der Waals surface area contributed by atoms with Crippen molar-refractivity contribution < 1.29 is 41.4 Å². The van der Waals surface area contributed by atoms with E-state index in [1.54, 1.807) is 11.0 Å². The van der Waals surface area contributed by atoms with Crippen LogP contribution in [-0.2, 0) is 20.5 Å². The van der Waals surface area contributed by atoms with Crippen molar-refractivity contribution in [2.24, 2.45) is 35.5 Å². The molecule has 0 radical (unpaired) electrons. The zero-order chi connectivity index (χ0) is 38.2. The molecule has 18 heteroatoms.